The molecule has 0 aliphatic heterocycles. The lowest BCUT2D eigenvalue weighted by molar-refractivity contribution is -0.109. The highest BCUT2D eigenvalue weighted by Crippen LogP contribution is 2.49. The van der Waals surface area contributed by atoms with Crippen molar-refractivity contribution in [3.05, 3.63) is 12.2 Å². The smallest absolute Gasteiger partial charge is 0.207 e. The maximum Gasteiger partial charge on any atom is 0.250 e. The maximum absolute atomic E-state index is 14.6. The van der Waals surface area contributed by atoms with E-state index in [1.54, 1.807) is 6.92 Å². The molecule has 0 nitrogen and oxygen atoms in total. The van der Waals surface area contributed by atoms with Crippen LogP contribution in [0, 0.1) is 41.4 Å². The minimum absolute atomic E-state index is 0.160. The SMILES string of the molecule is CCCCCCC(C1CCC(C=CC2CCC(CC)CC2)CC1)C1CCC(C)C(F)(F)C1. The van der Waals surface area contributed by atoms with Crippen molar-refractivity contribution >= 4 is 0 Å². The largest absolute Gasteiger partial charge is 0.250 e. The first kappa shape index (κ1) is 26.2. The normalized spacial score (nSPS) is 36.9. The predicted octanol–water partition coefficient (Wildman–Crippen LogP) is 10.2. The topological polar surface area (TPSA) is 0 Å². The third kappa shape index (κ3) is 7.56. The molecule has 0 heterocycles. The van der Waals surface area contributed by atoms with Gasteiger partial charge in [0, 0.05) is 12.3 Å². The van der Waals surface area contributed by atoms with Crippen LogP contribution in [-0.2, 0) is 0 Å². The lowest BCUT2D eigenvalue weighted by Crippen LogP contribution is -2.39. The molecule has 3 atom stereocenters. The monoisotopic (exact) mass is 450 g/mol. The van der Waals surface area contributed by atoms with Crippen LogP contribution < -0.4 is 0 Å². The summed E-state index contributed by atoms with van der Waals surface area (Å²) in [5.74, 6) is 1.15. The van der Waals surface area contributed by atoms with Crippen molar-refractivity contribution < 1.29 is 8.78 Å². The molecule has 3 aliphatic rings. The fourth-order valence-corrected chi connectivity index (χ4v) is 7.23. The zero-order valence-corrected chi connectivity index (χ0v) is 21.5. The summed E-state index contributed by atoms with van der Waals surface area (Å²) in [7, 11) is 0. The van der Waals surface area contributed by atoms with E-state index in [2.05, 4.69) is 26.0 Å². The van der Waals surface area contributed by atoms with Gasteiger partial charge in [0.1, 0.15) is 0 Å². The molecule has 186 valence electrons. The van der Waals surface area contributed by atoms with Gasteiger partial charge < -0.3 is 0 Å². The summed E-state index contributed by atoms with van der Waals surface area (Å²) < 4.78 is 29.2. The van der Waals surface area contributed by atoms with Crippen LogP contribution in [0.2, 0.25) is 0 Å². The van der Waals surface area contributed by atoms with Crippen LogP contribution in [-0.4, -0.2) is 5.92 Å². The van der Waals surface area contributed by atoms with E-state index in [1.165, 1.54) is 89.9 Å². The Bertz CT molecular complexity index is 537. The van der Waals surface area contributed by atoms with E-state index < -0.39 is 11.8 Å². The molecule has 0 aromatic rings. The van der Waals surface area contributed by atoms with Crippen molar-refractivity contribution in [3.63, 3.8) is 0 Å². The van der Waals surface area contributed by atoms with Crippen molar-refractivity contribution in [3.8, 4) is 0 Å². The Morgan fingerprint density at radius 2 is 1.34 bits per heavy atom. The highest BCUT2D eigenvalue weighted by molar-refractivity contribution is 4.97. The zero-order chi connectivity index (χ0) is 23.0. The first-order valence-electron chi connectivity index (χ1n) is 14.5. The number of alkyl halides is 2. The first-order valence-corrected chi connectivity index (χ1v) is 14.5. The summed E-state index contributed by atoms with van der Waals surface area (Å²) in [6.45, 7) is 6.36. The van der Waals surface area contributed by atoms with Gasteiger partial charge in [-0.25, -0.2) is 8.78 Å². The van der Waals surface area contributed by atoms with Crippen molar-refractivity contribution in [1.82, 2.24) is 0 Å². The van der Waals surface area contributed by atoms with E-state index in [9.17, 15) is 8.78 Å². The minimum atomic E-state index is -2.44. The van der Waals surface area contributed by atoms with Gasteiger partial charge in [0.25, 0.3) is 5.92 Å². The Kier molecular flexibility index (Phi) is 10.6. The van der Waals surface area contributed by atoms with Crippen molar-refractivity contribution in [2.75, 3.05) is 0 Å². The number of hydrogen-bond donors (Lipinski definition) is 0. The number of halogens is 2. The van der Waals surface area contributed by atoms with E-state index in [0.29, 0.717) is 11.8 Å². The van der Waals surface area contributed by atoms with Crippen LogP contribution in [0.25, 0.3) is 0 Å². The van der Waals surface area contributed by atoms with Crippen LogP contribution in [0.3, 0.4) is 0 Å². The highest BCUT2D eigenvalue weighted by atomic mass is 19.3. The van der Waals surface area contributed by atoms with Gasteiger partial charge >= 0.3 is 0 Å². The molecule has 2 heteroatoms. The molecule has 0 saturated heterocycles. The summed E-state index contributed by atoms with van der Waals surface area (Å²) in [5.41, 5.74) is 0. The van der Waals surface area contributed by atoms with Gasteiger partial charge in [-0.1, -0.05) is 65.0 Å². The van der Waals surface area contributed by atoms with E-state index in [-0.39, 0.29) is 12.3 Å². The summed E-state index contributed by atoms with van der Waals surface area (Å²) in [4.78, 5) is 0. The molecule has 3 rings (SSSR count). The van der Waals surface area contributed by atoms with Gasteiger partial charge in [0.05, 0.1) is 0 Å². The van der Waals surface area contributed by atoms with E-state index in [4.69, 9.17) is 0 Å². The second-order valence-corrected chi connectivity index (χ2v) is 12.0. The van der Waals surface area contributed by atoms with E-state index in [0.717, 1.165) is 30.6 Å². The molecular formula is C30H52F2. The van der Waals surface area contributed by atoms with Crippen LogP contribution in [0.15, 0.2) is 12.2 Å². The third-order valence-corrected chi connectivity index (χ3v) is 9.77. The van der Waals surface area contributed by atoms with E-state index in [1.807, 2.05) is 0 Å². The van der Waals surface area contributed by atoms with Gasteiger partial charge in [-0.2, -0.15) is 0 Å². The molecule has 0 aromatic carbocycles. The van der Waals surface area contributed by atoms with Crippen LogP contribution in [0.1, 0.15) is 130 Å². The second-order valence-electron chi connectivity index (χ2n) is 12.0. The summed E-state index contributed by atoms with van der Waals surface area (Å²) in [6, 6.07) is 0. The molecule has 0 amide bonds. The number of unbranched alkanes of at least 4 members (excludes halogenated alkanes) is 3. The van der Waals surface area contributed by atoms with Gasteiger partial charge in [0.2, 0.25) is 0 Å². The second kappa shape index (κ2) is 12.9. The van der Waals surface area contributed by atoms with Gasteiger partial charge in [-0.3, -0.25) is 0 Å². The number of rotatable bonds is 10. The first-order chi connectivity index (χ1) is 15.4. The van der Waals surface area contributed by atoms with Crippen LogP contribution >= 0.6 is 0 Å². The average Bonchev–Trinajstić information content (AvgIpc) is 2.80. The standard InChI is InChI=1S/C30H52F2/c1-4-6-7-8-9-29(28-19-10-23(3)30(31,32)22-28)27-20-17-26(18-21-27)16-15-25-13-11-24(5-2)12-14-25/h15-16,23-29H,4-14,17-22H2,1-3H3. The molecule has 3 unspecified atom stereocenters. The summed E-state index contributed by atoms with van der Waals surface area (Å²) >= 11 is 0. The van der Waals surface area contributed by atoms with Crippen LogP contribution in [0.5, 0.6) is 0 Å². The Hall–Kier alpha value is -0.400. The zero-order valence-electron chi connectivity index (χ0n) is 21.5. The number of hydrogen-bond acceptors (Lipinski definition) is 0. The van der Waals surface area contributed by atoms with Crippen LogP contribution in [0.4, 0.5) is 8.78 Å². The Morgan fingerprint density at radius 1 is 0.750 bits per heavy atom. The molecule has 0 N–H and O–H groups in total. The summed E-state index contributed by atoms with van der Waals surface area (Å²) in [5, 5.41) is 0. The highest BCUT2D eigenvalue weighted by Gasteiger charge is 2.45. The van der Waals surface area contributed by atoms with Gasteiger partial charge in [-0.15, -0.1) is 0 Å². The predicted molar refractivity (Wildman–Crippen MR) is 134 cm³/mol. The minimum Gasteiger partial charge on any atom is -0.207 e. The fourth-order valence-electron chi connectivity index (χ4n) is 7.23. The Morgan fingerprint density at radius 3 is 1.91 bits per heavy atom. The molecule has 3 aliphatic carbocycles. The lowest BCUT2D eigenvalue weighted by Gasteiger charge is -2.43. The Labute approximate surface area is 198 Å². The molecule has 0 bridgehead atoms. The molecular weight excluding hydrogens is 398 g/mol. The van der Waals surface area contributed by atoms with Crippen molar-refractivity contribution in [2.24, 2.45) is 41.4 Å². The summed E-state index contributed by atoms with van der Waals surface area (Å²) in [6.07, 6.45) is 25.4. The Balaban J connectivity index is 1.51. The third-order valence-electron chi connectivity index (χ3n) is 9.77. The van der Waals surface area contributed by atoms with Gasteiger partial charge in [0.15, 0.2) is 0 Å². The van der Waals surface area contributed by atoms with Crippen molar-refractivity contribution in [1.29, 1.82) is 0 Å². The number of allylic oxidation sites excluding steroid dienone is 2. The fraction of sp³-hybridized carbons (Fsp3) is 0.933. The average molecular weight is 451 g/mol. The molecule has 3 fully saturated rings. The molecule has 0 radical (unpaired) electrons. The molecule has 0 aromatic heterocycles. The molecule has 32 heavy (non-hydrogen) atoms. The molecule has 0 spiro atoms. The van der Waals surface area contributed by atoms with Crippen molar-refractivity contribution in [2.45, 2.75) is 136 Å². The molecule has 3 saturated carbocycles. The van der Waals surface area contributed by atoms with Gasteiger partial charge in [-0.05, 0) is 106 Å². The van der Waals surface area contributed by atoms with E-state index >= 15 is 0 Å². The lowest BCUT2D eigenvalue weighted by atomic mass is 9.64. The maximum atomic E-state index is 14.6. The quantitative estimate of drug-likeness (QED) is 0.229.